The SMILES string of the molecule is Cc1cc(NC(=O)C(C)(O)COc2ccc(C#N)c(F)c2)ccc1C#N. The van der Waals surface area contributed by atoms with Crippen LogP contribution in [-0.2, 0) is 4.79 Å². The third kappa shape index (κ3) is 4.35. The summed E-state index contributed by atoms with van der Waals surface area (Å²) in [5.41, 5.74) is -0.406. The van der Waals surface area contributed by atoms with Gasteiger partial charge in [-0.05, 0) is 49.7 Å². The fourth-order valence-corrected chi connectivity index (χ4v) is 2.10. The Hall–Kier alpha value is -3.42. The lowest BCUT2D eigenvalue weighted by Gasteiger charge is -2.22. The number of hydrogen-bond donors (Lipinski definition) is 2. The zero-order valence-electron chi connectivity index (χ0n) is 14.2. The monoisotopic (exact) mass is 353 g/mol. The fraction of sp³-hybridized carbons (Fsp3) is 0.211. The minimum Gasteiger partial charge on any atom is -0.490 e. The molecule has 0 fully saturated rings. The van der Waals surface area contributed by atoms with Crippen molar-refractivity contribution in [1.82, 2.24) is 0 Å². The van der Waals surface area contributed by atoms with E-state index in [9.17, 15) is 14.3 Å². The van der Waals surface area contributed by atoms with Crippen LogP contribution in [0.5, 0.6) is 5.75 Å². The quantitative estimate of drug-likeness (QED) is 0.859. The molecular formula is C19H16FN3O3. The number of nitrogens with one attached hydrogen (secondary N) is 1. The normalized spacial score (nSPS) is 12.4. The van der Waals surface area contributed by atoms with Crippen LogP contribution in [0.2, 0.25) is 0 Å². The summed E-state index contributed by atoms with van der Waals surface area (Å²) in [4.78, 5) is 12.3. The van der Waals surface area contributed by atoms with Crippen molar-refractivity contribution in [3.63, 3.8) is 0 Å². The highest BCUT2D eigenvalue weighted by Crippen LogP contribution is 2.19. The minimum atomic E-state index is -1.88. The minimum absolute atomic E-state index is 0.0868. The van der Waals surface area contributed by atoms with Crippen LogP contribution in [0.1, 0.15) is 23.6 Å². The molecule has 1 atom stereocenters. The summed E-state index contributed by atoms with van der Waals surface area (Å²) in [6.45, 7) is 2.58. The number of nitrogens with zero attached hydrogens (tertiary/aromatic N) is 2. The van der Waals surface area contributed by atoms with E-state index >= 15 is 0 Å². The summed E-state index contributed by atoms with van der Waals surface area (Å²) in [5.74, 6) is -1.37. The van der Waals surface area contributed by atoms with Crippen molar-refractivity contribution in [3.8, 4) is 17.9 Å². The first-order valence-corrected chi connectivity index (χ1v) is 7.64. The highest BCUT2D eigenvalue weighted by molar-refractivity contribution is 5.97. The van der Waals surface area contributed by atoms with E-state index in [4.69, 9.17) is 15.3 Å². The summed E-state index contributed by atoms with van der Waals surface area (Å²) < 4.78 is 18.8. The van der Waals surface area contributed by atoms with Gasteiger partial charge in [0.05, 0.1) is 17.2 Å². The van der Waals surface area contributed by atoms with Crippen LogP contribution < -0.4 is 10.1 Å². The average Bonchev–Trinajstić information content (AvgIpc) is 2.60. The summed E-state index contributed by atoms with van der Waals surface area (Å²) in [7, 11) is 0. The molecule has 1 amide bonds. The van der Waals surface area contributed by atoms with Crippen LogP contribution in [0.4, 0.5) is 10.1 Å². The number of ether oxygens (including phenoxy) is 1. The van der Waals surface area contributed by atoms with E-state index < -0.39 is 23.9 Å². The van der Waals surface area contributed by atoms with Crippen molar-refractivity contribution in [3.05, 3.63) is 58.9 Å². The highest BCUT2D eigenvalue weighted by Gasteiger charge is 2.31. The second-order valence-corrected chi connectivity index (χ2v) is 5.91. The Morgan fingerprint density at radius 1 is 1.23 bits per heavy atom. The van der Waals surface area contributed by atoms with Crippen molar-refractivity contribution in [2.45, 2.75) is 19.4 Å². The molecule has 2 N–H and O–H groups in total. The topological polar surface area (TPSA) is 106 Å². The maximum atomic E-state index is 13.5. The molecule has 0 saturated carbocycles. The van der Waals surface area contributed by atoms with Gasteiger partial charge in [0.2, 0.25) is 0 Å². The number of aryl methyl sites for hydroxylation is 1. The van der Waals surface area contributed by atoms with Crippen molar-refractivity contribution >= 4 is 11.6 Å². The van der Waals surface area contributed by atoms with Gasteiger partial charge in [0, 0.05) is 11.8 Å². The molecule has 6 nitrogen and oxygen atoms in total. The molecule has 0 aromatic heterocycles. The predicted octanol–water partition coefficient (Wildman–Crippen LogP) is 2.65. The second-order valence-electron chi connectivity index (χ2n) is 5.91. The Morgan fingerprint density at radius 2 is 1.88 bits per heavy atom. The Labute approximate surface area is 150 Å². The van der Waals surface area contributed by atoms with Gasteiger partial charge >= 0.3 is 0 Å². The van der Waals surface area contributed by atoms with E-state index in [-0.39, 0.29) is 11.3 Å². The number of halogens is 1. The summed E-state index contributed by atoms with van der Waals surface area (Å²) in [6, 6.07) is 12.1. The number of amides is 1. The summed E-state index contributed by atoms with van der Waals surface area (Å²) >= 11 is 0. The lowest BCUT2D eigenvalue weighted by molar-refractivity contribution is -0.135. The Morgan fingerprint density at radius 3 is 2.46 bits per heavy atom. The molecule has 0 heterocycles. The van der Waals surface area contributed by atoms with Gasteiger partial charge in [-0.2, -0.15) is 10.5 Å². The van der Waals surface area contributed by atoms with Crippen molar-refractivity contribution in [1.29, 1.82) is 10.5 Å². The van der Waals surface area contributed by atoms with Gasteiger partial charge in [-0.3, -0.25) is 4.79 Å². The number of benzene rings is 2. The first-order valence-electron chi connectivity index (χ1n) is 7.64. The number of aliphatic hydroxyl groups is 1. The lowest BCUT2D eigenvalue weighted by Crippen LogP contribution is -2.45. The van der Waals surface area contributed by atoms with Crippen molar-refractivity contribution in [2.75, 3.05) is 11.9 Å². The Kier molecular flexibility index (Phi) is 5.56. The molecule has 0 radical (unpaired) electrons. The van der Waals surface area contributed by atoms with Gasteiger partial charge in [0.25, 0.3) is 5.91 Å². The van der Waals surface area contributed by atoms with Gasteiger partial charge in [0.1, 0.15) is 24.2 Å². The van der Waals surface area contributed by atoms with E-state index in [2.05, 4.69) is 5.32 Å². The van der Waals surface area contributed by atoms with Gasteiger partial charge in [-0.1, -0.05) is 0 Å². The zero-order valence-corrected chi connectivity index (χ0v) is 14.2. The van der Waals surface area contributed by atoms with Gasteiger partial charge in [-0.15, -0.1) is 0 Å². The molecule has 26 heavy (non-hydrogen) atoms. The molecule has 0 saturated heterocycles. The zero-order chi connectivity index (χ0) is 19.3. The number of carbonyl (C=O) groups is 1. The van der Waals surface area contributed by atoms with E-state index in [1.54, 1.807) is 31.2 Å². The van der Waals surface area contributed by atoms with Crippen LogP contribution >= 0.6 is 0 Å². The van der Waals surface area contributed by atoms with Crippen LogP contribution in [0.25, 0.3) is 0 Å². The molecule has 2 aromatic carbocycles. The number of rotatable bonds is 5. The van der Waals surface area contributed by atoms with Gasteiger partial charge < -0.3 is 15.2 Å². The fourth-order valence-electron chi connectivity index (χ4n) is 2.10. The third-order valence-electron chi connectivity index (χ3n) is 3.67. The van der Waals surface area contributed by atoms with Crippen molar-refractivity contribution < 1.29 is 19.0 Å². The van der Waals surface area contributed by atoms with E-state index in [1.165, 1.54) is 19.1 Å². The molecule has 2 aromatic rings. The van der Waals surface area contributed by atoms with Crippen LogP contribution in [0.15, 0.2) is 36.4 Å². The molecular weight excluding hydrogens is 337 g/mol. The highest BCUT2D eigenvalue weighted by atomic mass is 19.1. The molecule has 132 valence electrons. The molecule has 0 spiro atoms. The van der Waals surface area contributed by atoms with E-state index in [1.807, 2.05) is 6.07 Å². The molecule has 7 heteroatoms. The molecule has 1 unspecified atom stereocenters. The van der Waals surface area contributed by atoms with Gasteiger partial charge in [0.15, 0.2) is 5.60 Å². The largest absolute Gasteiger partial charge is 0.490 e. The number of anilines is 1. The maximum absolute atomic E-state index is 13.5. The lowest BCUT2D eigenvalue weighted by atomic mass is 10.1. The van der Waals surface area contributed by atoms with Crippen molar-refractivity contribution in [2.24, 2.45) is 0 Å². The third-order valence-corrected chi connectivity index (χ3v) is 3.67. The number of carbonyl (C=O) groups excluding carboxylic acids is 1. The number of hydrogen-bond acceptors (Lipinski definition) is 5. The van der Waals surface area contributed by atoms with Crippen LogP contribution in [0, 0.1) is 35.4 Å². The van der Waals surface area contributed by atoms with Crippen LogP contribution in [0.3, 0.4) is 0 Å². The first kappa shape index (κ1) is 18.9. The summed E-state index contributed by atoms with van der Waals surface area (Å²) in [6.07, 6.45) is 0. The van der Waals surface area contributed by atoms with Crippen LogP contribution in [-0.4, -0.2) is 23.2 Å². The van der Waals surface area contributed by atoms with Gasteiger partial charge in [-0.25, -0.2) is 4.39 Å². The van der Waals surface area contributed by atoms with E-state index in [0.29, 0.717) is 16.8 Å². The smallest absolute Gasteiger partial charge is 0.259 e. The predicted molar refractivity (Wildman–Crippen MR) is 91.8 cm³/mol. The maximum Gasteiger partial charge on any atom is 0.259 e. The molecule has 0 aliphatic carbocycles. The summed E-state index contributed by atoms with van der Waals surface area (Å²) in [5, 5.41) is 30.5. The Balaban J connectivity index is 2.04. The molecule has 0 bridgehead atoms. The second kappa shape index (κ2) is 7.64. The standard InChI is InChI=1S/C19H16FN3O3/c1-12-7-15(5-3-13(12)9-21)23-18(24)19(2,25)11-26-16-6-4-14(10-22)17(20)8-16/h3-8,25H,11H2,1-2H3,(H,23,24). The molecule has 2 rings (SSSR count). The molecule has 0 aliphatic rings. The van der Waals surface area contributed by atoms with E-state index in [0.717, 1.165) is 6.07 Å². The average molecular weight is 353 g/mol. The first-order chi connectivity index (χ1) is 12.3. The Bertz CT molecular complexity index is 927. The molecule has 0 aliphatic heterocycles. The number of nitriles is 2.